The van der Waals surface area contributed by atoms with Crippen LogP contribution in [-0.2, 0) is 0 Å². The van der Waals surface area contributed by atoms with Crippen molar-refractivity contribution in [2.45, 2.75) is 57.1 Å². The second-order valence-electron chi connectivity index (χ2n) is 3.35. The fourth-order valence-electron chi connectivity index (χ4n) is 1.89. The van der Waals surface area contributed by atoms with Crippen LogP contribution in [0.4, 0.5) is 0 Å². The van der Waals surface area contributed by atoms with E-state index >= 15 is 0 Å². The van der Waals surface area contributed by atoms with Crippen LogP contribution in [-0.4, -0.2) is 12.9 Å². The summed E-state index contributed by atoms with van der Waals surface area (Å²) < 4.78 is 0. The highest BCUT2D eigenvalue weighted by molar-refractivity contribution is 7.83. The predicted molar refractivity (Wildman–Crippen MR) is 60.3 cm³/mol. The summed E-state index contributed by atoms with van der Waals surface area (Å²) in [5.74, 6) is 0. The first kappa shape index (κ1) is 11.6. The van der Waals surface area contributed by atoms with Crippen LogP contribution >= 0.6 is 12.6 Å². The largest absolute Gasteiger partial charge is 0.179 e. The molecule has 0 aliphatic rings. The molecule has 0 aliphatic heterocycles. The third-order valence-electron chi connectivity index (χ3n) is 3.21. The molecule has 0 nitrogen and oxygen atoms in total. The van der Waals surface area contributed by atoms with E-state index in [1.807, 2.05) is 0 Å². The van der Waals surface area contributed by atoms with Gasteiger partial charge in [0.1, 0.15) is 0 Å². The van der Waals surface area contributed by atoms with E-state index < -0.39 is 8.07 Å². The minimum atomic E-state index is -0.957. The first-order chi connectivity index (χ1) is 5.16. The van der Waals surface area contributed by atoms with Gasteiger partial charge in [-0.05, 0) is 11.3 Å². The standard InChI is InChI=1S/C9H22SSi/c1-5-9(10)11(6-2,7-3)8-4/h9-10H,5-8H2,1-4H3. The summed E-state index contributed by atoms with van der Waals surface area (Å²) in [5.41, 5.74) is 0. The van der Waals surface area contributed by atoms with Crippen LogP contribution in [0.3, 0.4) is 0 Å². The van der Waals surface area contributed by atoms with Crippen molar-refractivity contribution < 1.29 is 0 Å². The zero-order chi connectivity index (χ0) is 8.91. The van der Waals surface area contributed by atoms with Gasteiger partial charge in [-0.3, -0.25) is 0 Å². The summed E-state index contributed by atoms with van der Waals surface area (Å²) >= 11 is 4.71. The van der Waals surface area contributed by atoms with E-state index in [4.69, 9.17) is 12.6 Å². The molecule has 0 saturated carbocycles. The monoisotopic (exact) mass is 190 g/mol. The van der Waals surface area contributed by atoms with Gasteiger partial charge in [-0.2, -0.15) is 12.6 Å². The summed E-state index contributed by atoms with van der Waals surface area (Å²) in [6.45, 7) is 9.30. The van der Waals surface area contributed by atoms with Crippen molar-refractivity contribution in [3.8, 4) is 0 Å². The summed E-state index contributed by atoms with van der Waals surface area (Å²) in [4.78, 5) is 0.725. The molecule has 2 heteroatoms. The van der Waals surface area contributed by atoms with Gasteiger partial charge in [0.2, 0.25) is 0 Å². The van der Waals surface area contributed by atoms with Crippen molar-refractivity contribution in [3.63, 3.8) is 0 Å². The Bertz CT molecular complexity index is 91.5. The lowest BCUT2D eigenvalue weighted by atomic mass is 10.6. The van der Waals surface area contributed by atoms with E-state index in [9.17, 15) is 0 Å². The van der Waals surface area contributed by atoms with Crippen LogP contribution in [0.25, 0.3) is 0 Å². The lowest BCUT2D eigenvalue weighted by Gasteiger charge is -2.33. The molecule has 0 aromatic carbocycles. The molecule has 11 heavy (non-hydrogen) atoms. The zero-order valence-corrected chi connectivity index (χ0v) is 10.2. The van der Waals surface area contributed by atoms with Crippen LogP contribution in [0.5, 0.6) is 0 Å². The van der Waals surface area contributed by atoms with E-state index in [0.29, 0.717) is 0 Å². The average Bonchev–Trinajstić information content (AvgIpc) is 2.08. The van der Waals surface area contributed by atoms with Crippen molar-refractivity contribution in [2.75, 3.05) is 0 Å². The molecule has 0 radical (unpaired) electrons. The van der Waals surface area contributed by atoms with Crippen LogP contribution in [0.2, 0.25) is 18.1 Å². The van der Waals surface area contributed by atoms with Crippen molar-refractivity contribution in [1.29, 1.82) is 0 Å². The van der Waals surface area contributed by atoms with Crippen LogP contribution < -0.4 is 0 Å². The Kier molecular flexibility index (Phi) is 5.53. The molecule has 0 bridgehead atoms. The lowest BCUT2D eigenvalue weighted by Crippen LogP contribution is -2.42. The van der Waals surface area contributed by atoms with Crippen LogP contribution in [0, 0.1) is 0 Å². The Hall–Kier alpha value is 0.567. The topological polar surface area (TPSA) is 0 Å². The third-order valence-corrected chi connectivity index (χ3v) is 11.3. The Balaban J connectivity index is 4.26. The average molecular weight is 190 g/mol. The molecule has 0 aromatic heterocycles. The molecule has 0 N–H and O–H groups in total. The van der Waals surface area contributed by atoms with Gasteiger partial charge in [0.05, 0.1) is 8.07 Å². The Morgan fingerprint density at radius 3 is 1.45 bits per heavy atom. The maximum absolute atomic E-state index is 4.71. The predicted octanol–water partition coefficient (Wildman–Crippen LogP) is 3.74. The second kappa shape index (κ2) is 5.25. The number of hydrogen-bond donors (Lipinski definition) is 1. The molecular formula is C9H22SSi. The first-order valence-corrected chi connectivity index (χ1v) is 8.06. The van der Waals surface area contributed by atoms with Crippen molar-refractivity contribution in [1.82, 2.24) is 0 Å². The van der Waals surface area contributed by atoms with E-state index in [-0.39, 0.29) is 0 Å². The van der Waals surface area contributed by atoms with Gasteiger partial charge in [0.15, 0.2) is 0 Å². The highest BCUT2D eigenvalue weighted by Gasteiger charge is 2.32. The maximum Gasteiger partial charge on any atom is 0.0667 e. The van der Waals surface area contributed by atoms with Crippen molar-refractivity contribution in [2.24, 2.45) is 0 Å². The Morgan fingerprint density at radius 1 is 1.00 bits per heavy atom. The minimum absolute atomic E-state index is 0.725. The molecule has 0 spiro atoms. The van der Waals surface area contributed by atoms with Crippen LogP contribution in [0.15, 0.2) is 0 Å². The van der Waals surface area contributed by atoms with E-state index in [1.165, 1.54) is 24.6 Å². The highest BCUT2D eigenvalue weighted by atomic mass is 32.1. The summed E-state index contributed by atoms with van der Waals surface area (Å²) in [7, 11) is -0.957. The van der Waals surface area contributed by atoms with Gasteiger partial charge in [-0.15, -0.1) is 0 Å². The van der Waals surface area contributed by atoms with Crippen LogP contribution in [0.1, 0.15) is 34.1 Å². The molecule has 68 valence electrons. The molecule has 0 aliphatic carbocycles. The highest BCUT2D eigenvalue weighted by Crippen LogP contribution is 2.29. The molecule has 0 heterocycles. The summed E-state index contributed by atoms with van der Waals surface area (Å²) in [6, 6.07) is 4.21. The lowest BCUT2D eigenvalue weighted by molar-refractivity contribution is 0.963. The molecule has 0 rings (SSSR count). The van der Waals surface area contributed by atoms with Crippen molar-refractivity contribution >= 4 is 20.7 Å². The Morgan fingerprint density at radius 2 is 1.36 bits per heavy atom. The second-order valence-corrected chi connectivity index (χ2v) is 10.00. The normalized spacial score (nSPS) is 15.0. The SMILES string of the molecule is CCC(S)[Si](CC)(CC)CC. The quantitative estimate of drug-likeness (QED) is 0.495. The van der Waals surface area contributed by atoms with Gasteiger partial charge in [-0.25, -0.2) is 0 Å². The third kappa shape index (κ3) is 2.51. The Labute approximate surface area is 78.2 Å². The molecule has 0 saturated heterocycles. The molecule has 0 aromatic rings. The molecule has 0 amide bonds. The summed E-state index contributed by atoms with van der Waals surface area (Å²) in [6.07, 6.45) is 1.25. The molecule has 1 atom stereocenters. The molecule has 1 unspecified atom stereocenters. The fraction of sp³-hybridized carbons (Fsp3) is 1.00. The van der Waals surface area contributed by atoms with Crippen molar-refractivity contribution in [3.05, 3.63) is 0 Å². The van der Waals surface area contributed by atoms with Gasteiger partial charge in [0, 0.05) is 0 Å². The smallest absolute Gasteiger partial charge is 0.0667 e. The van der Waals surface area contributed by atoms with Gasteiger partial charge in [-0.1, -0.05) is 45.8 Å². The fourth-order valence-corrected chi connectivity index (χ4v) is 7.31. The molecular weight excluding hydrogens is 168 g/mol. The number of rotatable bonds is 5. The van der Waals surface area contributed by atoms with E-state index in [1.54, 1.807) is 0 Å². The maximum atomic E-state index is 4.71. The zero-order valence-electron chi connectivity index (χ0n) is 8.35. The number of hydrogen-bond acceptors (Lipinski definition) is 1. The van der Waals surface area contributed by atoms with Gasteiger partial charge in [0.25, 0.3) is 0 Å². The summed E-state index contributed by atoms with van der Waals surface area (Å²) in [5, 5.41) is 0. The van der Waals surface area contributed by atoms with Gasteiger partial charge >= 0.3 is 0 Å². The minimum Gasteiger partial charge on any atom is -0.179 e. The van der Waals surface area contributed by atoms with Gasteiger partial charge < -0.3 is 0 Å². The first-order valence-electron chi connectivity index (χ1n) is 4.84. The number of thiol groups is 1. The van der Waals surface area contributed by atoms with E-state index in [0.717, 1.165) is 4.87 Å². The van der Waals surface area contributed by atoms with E-state index in [2.05, 4.69) is 27.7 Å². The molecule has 0 fully saturated rings.